The van der Waals surface area contributed by atoms with Gasteiger partial charge in [-0.15, -0.1) is 0 Å². The molecule has 148 valence electrons. The molecule has 0 aromatic rings. The molecule has 0 radical (unpaired) electrons. The summed E-state index contributed by atoms with van der Waals surface area (Å²) < 4.78 is 10.9. The summed E-state index contributed by atoms with van der Waals surface area (Å²) in [6.07, 6.45) is 1.81. The molecule has 0 N–H and O–H groups in total. The average Bonchev–Trinajstić information content (AvgIpc) is 3.12. The lowest BCUT2D eigenvalue weighted by Crippen LogP contribution is -2.51. The summed E-state index contributed by atoms with van der Waals surface area (Å²) in [6, 6.07) is -1.06. The van der Waals surface area contributed by atoms with Crippen LogP contribution in [0.3, 0.4) is 0 Å². The molecule has 0 aromatic carbocycles. The molecule has 2 heterocycles. The summed E-state index contributed by atoms with van der Waals surface area (Å²) in [5, 5.41) is 0. The van der Waals surface area contributed by atoms with E-state index in [1.54, 1.807) is 41.5 Å². The third-order valence-electron chi connectivity index (χ3n) is 4.42. The molecule has 0 aliphatic carbocycles. The highest BCUT2D eigenvalue weighted by atomic mass is 16.6. The SMILES string of the molecule is CC(C)(C)OC(=O)N1CCCC1C(=O)C1CCCN1C(=O)OC(C)(C)C. The van der Waals surface area contributed by atoms with E-state index in [4.69, 9.17) is 9.47 Å². The van der Waals surface area contributed by atoms with Crippen molar-refractivity contribution >= 4 is 18.0 Å². The van der Waals surface area contributed by atoms with Crippen LogP contribution in [0.15, 0.2) is 0 Å². The second-order valence-corrected chi connectivity index (χ2v) is 9.07. The largest absolute Gasteiger partial charge is 0.444 e. The van der Waals surface area contributed by atoms with E-state index in [0.29, 0.717) is 25.9 Å². The Morgan fingerprint density at radius 2 is 1.08 bits per heavy atom. The number of rotatable bonds is 2. The molecular weight excluding hydrogens is 336 g/mol. The van der Waals surface area contributed by atoms with Gasteiger partial charge in [0.2, 0.25) is 0 Å². The highest BCUT2D eigenvalue weighted by Gasteiger charge is 2.44. The maximum atomic E-state index is 13.1. The van der Waals surface area contributed by atoms with E-state index < -0.39 is 35.5 Å². The van der Waals surface area contributed by atoms with Crippen molar-refractivity contribution < 1.29 is 23.9 Å². The van der Waals surface area contributed by atoms with Gasteiger partial charge in [0.25, 0.3) is 0 Å². The predicted octanol–water partition coefficient (Wildman–Crippen LogP) is 3.35. The van der Waals surface area contributed by atoms with Gasteiger partial charge in [0.1, 0.15) is 11.2 Å². The zero-order chi connectivity index (χ0) is 19.7. The smallest absolute Gasteiger partial charge is 0.410 e. The third-order valence-corrected chi connectivity index (χ3v) is 4.42. The number of amides is 2. The van der Waals surface area contributed by atoms with E-state index in [9.17, 15) is 14.4 Å². The second kappa shape index (κ2) is 7.45. The summed E-state index contributed by atoms with van der Waals surface area (Å²) in [7, 11) is 0. The van der Waals surface area contributed by atoms with Crippen LogP contribution < -0.4 is 0 Å². The maximum absolute atomic E-state index is 13.1. The van der Waals surface area contributed by atoms with Crippen molar-refractivity contribution in [2.75, 3.05) is 13.1 Å². The van der Waals surface area contributed by atoms with Gasteiger partial charge in [-0.2, -0.15) is 0 Å². The summed E-state index contributed by atoms with van der Waals surface area (Å²) in [5.41, 5.74) is -1.22. The fourth-order valence-electron chi connectivity index (χ4n) is 3.43. The number of hydrogen-bond acceptors (Lipinski definition) is 5. The highest BCUT2D eigenvalue weighted by Crippen LogP contribution is 2.28. The Morgan fingerprint density at radius 1 is 0.731 bits per heavy atom. The first-order valence-electron chi connectivity index (χ1n) is 9.42. The van der Waals surface area contributed by atoms with Crippen molar-refractivity contribution in [1.29, 1.82) is 0 Å². The molecule has 2 rings (SSSR count). The molecule has 7 nitrogen and oxygen atoms in total. The normalized spacial score (nSPS) is 23.9. The van der Waals surface area contributed by atoms with Crippen molar-refractivity contribution in [3.05, 3.63) is 0 Å². The van der Waals surface area contributed by atoms with E-state index in [1.165, 1.54) is 9.80 Å². The Morgan fingerprint density at radius 3 is 1.38 bits per heavy atom. The first-order chi connectivity index (χ1) is 11.9. The Kier molecular flexibility index (Phi) is 5.88. The van der Waals surface area contributed by atoms with Gasteiger partial charge >= 0.3 is 12.2 Å². The van der Waals surface area contributed by atoms with E-state index in [-0.39, 0.29) is 5.78 Å². The summed E-state index contributed by atoms with van der Waals surface area (Å²) >= 11 is 0. The molecule has 2 unspecified atom stereocenters. The van der Waals surface area contributed by atoms with Crippen LogP contribution in [-0.2, 0) is 14.3 Å². The van der Waals surface area contributed by atoms with Gasteiger partial charge in [0.05, 0.1) is 12.1 Å². The zero-order valence-corrected chi connectivity index (χ0v) is 16.8. The monoisotopic (exact) mass is 368 g/mol. The molecule has 0 bridgehead atoms. The molecule has 2 atom stereocenters. The van der Waals surface area contributed by atoms with Gasteiger partial charge in [-0.25, -0.2) is 9.59 Å². The van der Waals surface area contributed by atoms with Crippen molar-refractivity contribution in [2.45, 2.75) is 90.5 Å². The number of carbonyl (C=O) groups is 3. The van der Waals surface area contributed by atoms with Gasteiger partial charge in [-0.1, -0.05) is 0 Å². The maximum Gasteiger partial charge on any atom is 0.410 e. The van der Waals surface area contributed by atoms with Crippen LogP contribution in [0.2, 0.25) is 0 Å². The molecule has 0 aromatic heterocycles. The Labute approximate surface area is 156 Å². The Balaban J connectivity index is 2.08. The summed E-state index contributed by atoms with van der Waals surface area (Å²) in [5.74, 6) is -0.0864. The highest BCUT2D eigenvalue weighted by molar-refractivity contribution is 5.94. The van der Waals surface area contributed by atoms with Crippen molar-refractivity contribution in [2.24, 2.45) is 0 Å². The molecule has 2 amide bonds. The number of Topliss-reactive ketones (excluding diaryl/α,β-unsaturated/α-hetero) is 1. The van der Waals surface area contributed by atoms with Crippen LogP contribution in [0, 0.1) is 0 Å². The summed E-state index contributed by atoms with van der Waals surface area (Å²) in [6.45, 7) is 11.8. The van der Waals surface area contributed by atoms with Gasteiger partial charge in [-0.3, -0.25) is 14.6 Å². The quantitative estimate of drug-likeness (QED) is 0.747. The van der Waals surface area contributed by atoms with Crippen LogP contribution in [0.4, 0.5) is 9.59 Å². The Bertz CT molecular complexity index is 513. The van der Waals surface area contributed by atoms with Gasteiger partial charge in [0, 0.05) is 13.1 Å². The van der Waals surface area contributed by atoms with E-state index >= 15 is 0 Å². The van der Waals surface area contributed by atoms with Crippen LogP contribution >= 0.6 is 0 Å². The third kappa shape index (κ3) is 5.11. The summed E-state index contributed by atoms with van der Waals surface area (Å²) in [4.78, 5) is 41.0. The number of ketones is 1. The predicted molar refractivity (Wildman–Crippen MR) is 96.9 cm³/mol. The van der Waals surface area contributed by atoms with Gasteiger partial charge < -0.3 is 9.47 Å². The minimum absolute atomic E-state index is 0.0864. The molecule has 0 saturated carbocycles. The van der Waals surface area contributed by atoms with Crippen LogP contribution in [0.1, 0.15) is 67.2 Å². The van der Waals surface area contributed by atoms with Crippen molar-refractivity contribution in [3.8, 4) is 0 Å². The van der Waals surface area contributed by atoms with Crippen molar-refractivity contribution in [3.63, 3.8) is 0 Å². The lowest BCUT2D eigenvalue weighted by atomic mass is 10.0. The molecule has 2 saturated heterocycles. The molecule has 7 heteroatoms. The number of hydrogen-bond donors (Lipinski definition) is 0. The lowest BCUT2D eigenvalue weighted by Gasteiger charge is -2.32. The van der Waals surface area contributed by atoms with Crippen molar-refractivity contribution in [1.82, 2.24) is 9.80 Å². The second-order valence-electron chi connectivity index (χ2n) is 9.07. The molecule has 2 aliphatic heterocycles. The van der Waals surface area contributed by atoms with Crippen LogP contribution in [0.25, 0.3) is 0 Å². The molecule has 0 spiro atoms. The molecule has 2 aliphatic rings. The first kappa shape index (κ1) is 20.5. The minimum atomic E-state index is -0.608. The zero-order valence-electron chi connectivity index (χ0n) is 16.8. The van der Waals surface area contributed by atoms with E-state index in [0.717, 1.165) is 12.8 Å². The van der Waals surface area contributed by atoms with E-state index in [2.05, 4.69) is 0 Å². The molecule has 26 heavy (non-hydrogen) atoms. The topological polar surface area (TPSA) is 76.2 Å². The van der Waals surface area contributed by atoms with Crippen LogP contribution in [-0.4, -0.2) is 64.1 Å². The fourth-order valence-corrected chi connectivity index (χ4v) is 3.43. The molecular formula is C19H32N2O5. The number of likely N-dealkylation sites (tertiary alicyclic amines) is 2. The minimum Gasteiger partial charge on any atom is -0.444 e. The average molecular weight is 368 g/mol. The standard InChI is InChI=1S/C19H32N2O5/c1-18(2,3)25-16(23)20-11-7-9-13(20)15(22)14-10-8-12-21(14)17(24)26-19(4,5)6/h13-14H,7-12H2,1-6H3. The van der Waals surface area contributed by atoms with Crippen LogP contribution in [0.5, 0.6) is 0 Å². The number of carbonyl (C=O) groups excluding carboxylic acids is 3. The first-order valence-corrected chi connectivity index (χ1v) is 9.42. The molecule has 2 fully saturated rings. The van der Waals surface area contributed by atoms with E-state index in [1.807, 2.05) is 0 Å². The number of nitrogens with zero attached hydrogens (tertiary/aromatic N) is 2. The Hall–Kier alpha value is -1.79. The van der Waals surface area contributed by atoms with Gasteiger partial charge in [-0.05, 0) is 67.2 Å². The lowest BCUT2D eigenvalue weighted by molar-refractivity contribution is -0.127. The van der Waals surface area contributed by atoms with Gasteiger partial charge in [0.15, 0.2) is 5.78 Å². The fraction of sp³-hybridized carbons (Fsp3) is 0.842. The number of ether oxygens (including phenoxy) is 2.